The molecule has 1 aliphatic heterocycles. The summed E-state index contributed by atoms with van der Waals surface area (Å²) >= 11 is 6.12. The Hall–Kier alpha value is -3.11. The molecule has 1 fully saturated rings. The Morgan fingerprint density at radius 3 is 2.47 bits per heavy atom. The second-order valence-electron chi connectivity index (χ2n) is 8.59. The third-order valence-electron chi connectivity index (χ3n) is 6.48. The van der Waals surface area contributed by atoms with Gasteiger partial charge in [-0.2, -0.15) is 5.10 Å². The molecule has 3 aromatic rings. The molecule has 2 amide bonds. The van der Waals surface area contributed by atoms with Crippen LogP contribution in [-0.2, 0) is 6.42 Å². The van der Waals surface area contributed by atoms with Crippen molar-refractivity contribution in [1.29, 1.82) is 0 Å². The van der Waals surface area contributed by atoms with Crippen LogP contribution in [-0.4, -0.2) is 16.8 Å². The lowest BCUT2D eigenvalue weighted by Gasteiger charge is -2.32. The minimum atomic E-state index is -0.221. The second kappa shape index (κ2) is 9.17. The molecule has 0 bridgehead atoms. The van der Waals surface area contributed by atoms with Crippen molar-refractivity contribution >= 4 is 29.0 Å². The standard InChI is InChI=1S/C27H26ClN3O/c28-22-14-8-15-23(18-22)29-27(32)31-26(20-11-5-2-6-12-20)24-16-7-13-21(25(24)30-31)17-19-9-3-1-4-10-19/h1-6,8-12,14-15,18,21,24,26H,7,13,16-17H2,(H,29,32)/t21-,24-,26-/m0/s1. The number of carbonyl (C=O) groups is 1. The molecule has 32 heavy (non-hydrogen) atoms. The SMILES string of the molecule is O=C(Nc1cccc(Cl)c1)N1N=C2[C@H](Cc3ccccc3)CCC[C@@H]2[C@@H]1c1ccccc1. The van der Waals surface area contributed by atoms with E-state index in [9.17, 15) is 4.79 Å². The summed E-state index contributed by atoms with van der Waals surface area (Å²) in [6, 6.07) is 27.8. The Bertz CT molecular complexity index is 1120. The van der Waals surface area contributed by atoms with Crippen LogP contribution in [0.5, 0.6) is 0 Å². The van der Waals surface area contributed by atoms with Gasteiger partial charge in [0.2, 0.25) is 0 Å². The van der Waals surface area contributed by atoms with Crippen molar-refractivity contribution in [3.8, 4) is 0 Å². The number of hydrogen-bond donors (Lipinski definition) is 1. The van der Waals surface area contributed by atoms with Crippen LogP contribution in [0.3, 0.4) is 0 Å². The molecule has 0 saturated heterocycles. The summed E-state index contributed by atoms with van der Waals surface area (Å²) in [6.45, 7) is 0. The first-order valence-corrected chi connectivity index (χ1v) is 11.6. The van der Waals surface area contributed by atoms with E-state index in [0.717, 1.165) is 37.0 Å². The summed E-state index contributed by atoms with van der Waals surface area (Å²) in [5.74, 6) is 0.594. The number of benzene rings is 3. The molecular formula is C27H26ClN3O. The number of nitrogens with zero attached hydrogens (tertiary/aromatic N) is 2. The van der Waals surface area contributed by atoms with Gasteiger partial charge in [0.05, 0.1) is 6.04 Å². The molecule has 162 valence electrons. The van der Waals surface area contributed by atoms with Gasteiger partial charge in [-0.3, -0.25) is 0 Å². The van der Waals surface area contributed by atoms with Crippen molar-refractivity contribution in [3.05, 3.63) is 101 Å². The summed E-state index contributed by atoms with van der Waals surface area (Å²) in [7, 11) is 0. The summed E-state index contributed by atoms with van der Waals surface area (Å²) < 4.78 is 0. The average molecular weight is 444 g/mol. The number of amides is 2. The Kier molecular flexibility index (Phi) is 5.95. The maximum atomic E-state index is 13.4. The van der Waals surface area contributed by atoms with E-state index in [1.807, 2.05) is 36.4 Å². The first-order valence-electron chi connectivity index (χ1n) is 11.2. The molecule has 3 atom stereocenters. The highest BCUT2D eigenvalue weighted by atomic mass is 35.5. The molecular weight excluding hydrogens is 418 g/mol. The highest BCUT2D eigenvalue weighted by molar-refractivity contribution is 6.30. The fourth-order valence-corrected chi connectivity index (χ4v) is 5.25. The largest absolute Gasteiger partial charge is 0.342 e. The molecule has 1 aliphatic carbocycles. The summed E-state index contributed by atoms with van der Waals surface area (Å²) in [5.41, 5.74) is 4.28. The van der Waals surface area contributed by atoms with Crippen molar-refractivity contribution in [3.63, 3.8) is 0 Å². The van der Waals surface area contributed by atoms with Gasteiger partial charge in [0.15, 0.2) is 0 Å². The maximum Gasteiger partial charge on any atom is 0.342 e. The van der Waals surface area contributed by atoms with E-state index in [-0.39, 0.29) is 18.0 Å². The minimum absolute atomic E-state index is 0.0936. The third kappa shape index (κ3) is 4.28. The number of nitrogens with one attached hydrogen (secondary N) is 1. The molecule has 1 heterocycles. The van der Waals surface area contributed by atoms with Gasteiger partial charge in [0.1, 0.15) is 0 Å². The van der Waals surface area contributed by atoms with Crippen LogP contribution in [0.15, 0.2) is 90.0 Å². The topological polar surface area (TPSA) is 44.7 Å². The molecule has 0 spiro atoms. The van der Waals surface area contributed by atoms with E-state index in [1.54, 1.807) is 17.1 Å². The number of fused-ring (bicyclic) bond motifs is 1. The van der Waals surface area contributed by atoms with Crippen LogP contribution in [0, 0.1) is 11.8 Å². The van der Waals surface area contributed by atoms with E-state index in [2.05, 4.69) is 41.7 Å². The lowest BCUT2D eigenvalue weighted by atomic mass is 9.73. The fraction of sp³-hybridized carbons (Fsp3) is 0.259. The van der Waals surface area contributed by atoms with E-state index in [0.29, 0.717) is 16.6 Å². The number of halogens is 1. The van der Waals surface area contributed by atoms with Crippen LogP contribution >= 0.6 is 11.6 Å². The fourth-order valence-electron chi connectivity index (χ4n) is 5.06. The molecule has 2 aliphatic rings. The molecule has 1 saturated carbocycles. The van der Waals surface area contributed by atoms with E-state index < -0.39 is 0 Å². The number of carbonyl (C=O) groups excluding carboxylic acids is 1. The maximum absolute atomic E-state index is 13.4. The first kappa shape index (κ1) is 20.8. The van der Waals surface area contributed by atoms with Gasteiger partial charge in [-0.05, 0) is 48.6 Å². The predicted molar refractivity (Wildman–Crippen MR) is 130 cm³/mol. The van der Waals surface area contributed by atoms with Gasteiger partial charge in [-0.1, -0.05) is 84.8 Å². The Labute approximate surface area is 193 Å². The molecule has 0 aromatic heterocycles. The van der Waals surface area contributed by atoms with E-state index in [4.69, 9.17) is 16.7 Å². The van der Waals surface area contributed by atoms with Gasteiger partial charge < -0.3 is 5.32 Å². The second-order valence-corrected chi connectivity index (χ2v) is 9.03. The molecule has 0 unspecified atom stereocenters. The monoisotopic (exact) mass is 443 g/mol. The van der Waals surface area contributed by atoms with E-state index >= 15 is 0 Å². The van der Waals surface area contributed by atoms with Gasteiger partial charge in [-0.25, -0.2) is 9.80 Å². The Balaban J connectivity index is 1.46. The average Bonchev–Trinajstić information content (AvgIpc) is 3.21. The molecule has 3 aromatic carbocycles. The number of urea groups is 1. The number of anilines is 1. The van der Waals surface area contributed by atoms with Gasteiger partial charge in [-0.15, -0.1) is 0 Å². The number of hydrogen-bond acceptors (Lipinski definition) is 2. The lowest BCUT2D eigenvalue weighted by molar-refractivity contribution is 0.187. The minimum Gasteiger partial charge on any atom is -0.306 e. The smallest absolute Gasteiger partial charge is 0.306 e. The predicted octanol–water partition coefficient (Wildman–Crippen LogP) is 6.94. The third-order valence-corrected chi connectivity index (χ3v) is 6.72. The highest BCUT2D eigenvalue weighted by Crippen LogP contribution is 2.45. The van der Waals surface area contributed by atoms with Crippen molar-refractivity contribution < 1.29 is 4.79 Å². The summed E-state index contributed by atoms with van der Waals surface area (Å²) in [5, 5.41) is 10.2. The van der Waals surface area contributed by atoms with Crippen LogP contribution in [0.2, 0.25) is 5.02 Å². The van der Waals surface area contributed by atoms with Crippen molar-refractivity contribution in [2.75, 3.05) is 5.32 Å². The zero-order chi connectivity index (χ0) is 21.9. The zero-order valence-corrected chi connectivity index (χ0v) is 18.6. The van der Waals surface area contributed by atoms with E-state index in [1.165, 1.54) is 5.56 Å². The van der Waals surface area contributed by atoms with Crippen LogP contribution < -0.4 is 5.32 Å². The molecule has 5 rings (SSSR count). The molecule has 1 N–H and O–H groups in total. The molecule has 0 radical (unpaired) electrons. The van der Waals surface area contributed by atoms with Crippen molar-refractivity contribution in [1.82, 2.24) is 5.01 Å². The van der Waals surface area contributed by atoms with Crippen LogP contribution in [0.1, 0.15) is 36.4 Å². The summed E-state index contributed by atoms with van der Waals surface area (Å²) in [6.07, 6.45) is 4.26. The highest BCUT2D eigenvalue weighted by Gasteiger charge is 2.45. The number of hydrazone groups is 1. The van der Waals surface area contributed by atoms with Crippen molar-refractivity contribution in [2.24, 2.45) is 16.9 Å². The zero-order valence-electron chi connectivity index (χ0n) is 17.8. The quantitative estimate of drug-likeness (QED) is 0.466. The van der Waals surface area contributed by atoms with Gasteiger partial charge >= 0.3 is 6.03 Å². The molecule has 5 heteroatoms. The van der Waals surface area contributed by atoms with Crippen LogP contribution in [0.25, 0.3) is 0 Å². The molecule has 4 nitrogen and oxygen atoms in total. The van der Waals surface area contributed by atoms with Gasteiger partial charge in [0, 0.05) is 28.3 Å². The lowest BCUT2D eigenvalue weighted by Crippen LogP contribution is -2.35. The summed E-state index contributed by atoms with van der Waals surface area (Å²) in [4.78, 5) is 13.4. The number of rotatable bonds is 4. The van der Waals surface area contributed by atoms with Crippen LogP contribution in [0.4, 0.5) is 10.5 Å². The Morgan fingerprint density at radius 1 is 0.969 bits per heavy atom. The van der Waals surface area contributed by atoms with Gasteiger partial charge in [0.25, 0.3) is 0 Å². The Morgan fingerprint density at radius 2 is 1.72 bits per heavy atom. The normalized spacial score (nSPS) is 22.2. The van der Waals surface area contributed by atoms with Crippen molar-refractivity contribution in [2.45, 2.75) is 31.7 Å². The first-order chi connectivity index (χ1) is 15.7.